The van der Waals surface area contributed by atoms with Gasteiger partial charge in [-0.1, -0.05) is 13.8 Å². The molecule has 4 unspecified atom stereocenters. The van der Waals surface area contributed by atoms with Crippen molar-refractivity contribution in [3.63, 3.8) is 0 Å². The van der Waals surface area contributed by atoms with Crippen molar-refractivity contribution in [3.05, 3.63) is 22.4 Å². The lowest BCUT2D eigenvalue weighted by atomic mass is 9.86. The van der Waals surface area contributed by atoms with Crippen molar-refractivity contribution in [1.29, 1.82) is 0 Å². The molecular weight excluding hydrogens is 228 g/mol. The first kappa shape index (κ1) is 13.1. The van der Waals surface area contributed by atoms with Gasteiger partial charge >= 0.3 is 0 Å². The number of nitrogens with zero attached hydrogens (tertiary/aromatic N) is 1. The normalized spacial score (nSPS) is 30.1. The fourth-order valence-corrected chi connectivity index (χ4v) is 3.53. The molecule has 0 spiro atoms. The van der Waals surface area contributed by atoms with Crippen LogP contribution in [0.15, 0.2) is 16.8 Å². The van der Waals surface area contributed by atoms with Crippen molar-refractivity contribution in [3.8, 4) is 0 Å². The summed E-state index contributed by atoms with van der Waals surface area (Å²) < 4.78 is 0. The molecule has 3 heteroatoms. The third-order valence-corrected chi connectivity index (χ3v) is 4.84. The summed E-state index contributed by atoms with van der Waals surface area (Å²) in [6.07, 6.45) is 1.30. The Kier molecular flexibility index (Phi) is 4.23. The van der Waals surface area contributed by atoms with Gasteiger partial charge < -0.3 is 5.73 Å². The molecule has 0 radical (unpaired) electrons. The molecule has 0 saturated carbocycles. The lowest BCUT2D eigenvalue weighted by molar-refractivity contribution is 0.0853. The smallest absolute Gasteiger partial charge is 0.0504 e. The van der Waals surface area contributed by atoms with E-state index in [2.05, 4.69) is 42.5 Å². The highest BCUT2D eigenvalue weighted by Gasteiger charge is 2.30. The predicted octanol–water partition coefficient (Wildman–Crippen LogP) is 3.11. The zero-order chi connectivity index (χ0) is 12.4. The second-order valence-corrected chi connectivity index (χ2v) is 6.38. The maximum Gasteiger partial charge on any atom is 0.0504 e. The van der Waals surface area contributed by atoms with E-state index in [9.17, 15) is 0 Å². The van der Waals surface area contributed by atoms with Gasteiger partial charge in [0.25, 0.3) is 0 Å². The summed E-state index contributed by atoms with van der Waals surface area (Å²) in [5.74, 6) is 1.63. The van der Waals surface area contributed by atoms with Gasteiger partial charge in [0.05, 0.1) is 6.04 Å². The van der Waals surface area contributed by atoms with Crippen molar-refractivity contribution in [2.75, 3.05) is 13.1 Å². The molecule has 17 heavy (non-hydrogen) atoms. The predicted molar refractivity (Wildman–Crippen MR) is 75.2 cm³/mol. The number of likely N-dealkylation sites (tertiary alicyclic amines) is 1. The molecule has 0 aliphatic carbocycles. The zero-order valence-corrected chi connectivity index (χ0v) is 11.9. The number of thiophene rings is 1. The molecular formula is C14H24N2S. The molecule has 2 rings (SSSR count). The van der Waals surface area contributed by atoms with E-state index in [4.69, 9.17) is 5.73 Å². The van der Waals surface area contributed by atoms with Gasteiger partial charge in [0.15, 0.2) is 0 Å². The number of hydrogen-bond donors (Lipinski definition) is 1. The Hall–Kier alpha value is -0.380. The molecule has 0 amide bonds. The molecule has 4 atom stereocenters. The highest BCUT2D eigenvalue weighted by molar-refractivity contribution is 7.07. The third-order valence-electron chi connectivity index (χ3n) is 4.14. The lowest BCUT2D eigenvalue weighted by Crippen LogP contribution is -2.46. The molecule has 1 fully saturated rings. The molecule has 1 aromatic rings. The Balaban J connectivity index is 2.12. The van der Waals surface area contributed by atoms with Gasteiger partial charge in [-0.15, -0.1) is 0 Å². The van der Waals surface area contributed by atoms with Crippen molar-refractivity contribution in [2.45, 2.75) is 39.3 Å². The van der Waals surface area contributed by atoms with Crippen LogP contribution in [0.25, 0.3) is 0 Å². The lowest BCUT2D eigenvalue weighted by Gasteiger charge is -2.41. The van der Waals surface area contributed by atoms with Gasteiger partial charge in [0.2, 0.25) is 0 Å². The van der Waals surface area contributed by atoms with Crippen molar-refractivity contribution >= 4 is 11.3 Å². The van der Waals surface area contributed by atoms with E-state index in [0.717, 1.165) is 11.8 Å². The highest BCUT2D eigenvalue weighted by atomic mass is 32.1. The first-order chi connectivity index (χ1) is 8.09. The zero-order valence-electron chi connectivity index (χ0n) is 11.1. The second-order valence-electron chi connectivity index (χ2n) is 5.60. The molecule has 1 aliphatic heterocycles. The van der Waals surface area contributed by atoms with E-state index in [1.54, 1.807) is 11.3 Å². The SMILES string of the molecule is CC(N)C(c1ccsc1)N1CCC(C)C(C)C1. The quantitative estimate of drug-likeness (QED) is 0.895. The molecule has 2 heterocycles. The monoisotopic (exact) mass is 252 g/mol. The molecule has 1 aliphatic rings. The van der Waals surface area contributed by atoms with Gasteiger partial charge in [0, 0.05) is 12.6 Å². The van der Waals surface area contributed by atoms with E-state index in [1.807, 2.05) is 0 Å². The average Bonchev–Trinajstić information content (AvgIpc) is 2.76. The van der Waals surface area contributed by atoms with Crippen LogP contribution in [0.5, 0.6) is 0 Å². The van der Waals surface area contributed by atoms with Gasteiger partial charge in [-0.2, -0.15) is 11.3 Å². The highest BCUT2D eigenvalue weighted by Crippen LogP contribution is 2.32. The third kappa shape index (κ3) is 2.90. The second kappa shape index (κ2) is 5.51. The van der Waals surface area contributed by atoms with Crippen molar-refractivity contribution in [1.82, 2.24) is 4.90 Å². The van der Waals surface area contributed by atoms with E-state index in [0.29, 0.717) is 6.04 Å². The minimum Gasteiger partial charge on any atom is -0.326 e. The average molecular weight is 252 g/mol. The fourth-order valence-electron chi connectivity index (χ4n) is 2.84. The van der Waals surface area contributed by atoms with Crippen LogP contribution in [0.1, 0.15) is 38.8 Å². The molecule has 1 saturated heterocycles. The Morgan fingerprint density at radius 2 is 2.18 bits per heavy atom. The maximum absolute atomic E-state index is 6.20. The summed E-state index contributed by atoms with van der Waals surface area (Å²) in [6.45, 7) is 9.23. The van der Waals surface area contributed by atoms with Crippen molar-refractivity contribution in [2.24, 2.45) is 17.6 Å². The van der Waals surface area contributed by atoms with Crippen LogP contribution in [-0.4, -0.2) is 24.0 Å². The van der Waals surface area contributed by atoms with Gasteiger partial charge in [-0.3, -0.25) is 4.90 Å². The van der Waals surface area contributed by atoms with Crippen LogP contribution >= 0.6 is 11.3 Å². The fraction of sp³-hybridized carbons (Fsp3) is 0.714. The number of rotatable bonds is 3. The Morgan fingerprint density at radius 3 is 2.71 bits per heavy atom. The van der Waals surface area contributed by atoms with Crippen LogP contribution in [0.2, 0.25) is 0 Å². The van der Waals surface area contributed by atoms with Crippen LogP contribution in [0.3, 0.4) is 0 Å². The molecule has 2 nitrogen and oxygen atoms in total. The summed E-state index contributed by atoms with van der Waals surface area (Å²) in [6, 6.07) is 2.82. The molecule has 96 valence electrons. The number of nitrogens with two attached hydrogens (primary N) is 1. The molecule has 2 N–H and O–H groups in total. The van der Waals surface area contributed by atoms with Gasteiger partial charge in [-0.05, 0) is 54.1 Å². The Morgan fingerprint density at radius 1 is 1.41 bits per heavy atom. The van der Waals surface area contributed by atoms with E-state index >= 15 is 0 Å². The summed E-state index contributed by atoms with van der Waals surface area (Å²) in [5.41, 5.74) is 7.60. The molecule has 0 bridgehead atoms. The largest absolute Gasteiger partial charge is 0.326 e. The van der Waals surface area contributed by atoms with E-state index in [-0.39, 0.29) is 6.04 Å². The number of hydrogen-bond acceptors (Lipinski definition) is 3. The van der Waals surface area contributed by atoms with Crippen LogP contribution in [0.4, 0.5) is 0 Å². The number of piperidine rings is 1. The van der Waals surface area contributed by atoms with Crippen molar-refractivity contribution < 1.29 is 0 Å². The molecule has 1 aromatic heterocycles. The topological polar surface area (TPSA) is 29.3 Å². The van der Waals surface area contributed by atoms with Gasteiger partial charge in [0.1, 0.15) is 0 Å². The summed E-state index contributed by atoms with van der Waals surface area (Å²) in [5, 5.41) is 4.40. The summed E-state index contributed by atoms with van der Waals surface area (Å²) in [4.78, 5) is 2.58. The Bertz CT molecular complexity index is 334. The molecule has 0 aromatic carbocycles. The Labute approximate surface area is 109 Å². The first-order valence-corrected chi connectivity index (χ1v) is 7.55. The summed E-state index contributed by atoms with van der Waals surface area (Å²) in [7, 11) is 0. The maximum atomic E-state index is 6.20. The van der Waals surface area contributed by atoms with Crippen LogP contribution in [-0.2, 0) is 0 Å². The minimum absolute atomic E-state index is 0.199. The first-order valence-electron chi connectivity index (χ1n) is 6.61. The minimum atomic E-state index is 0.199. The van der Waals surface area contributed by atoms with Crippen LogP contribution in [0, 0.1) is 11.8 Å². The van der Waals surface area contributed by atoms with Gasteiger partial charge in [-0.25, -0.2) is 0 Å². The van der Waals surface area contributed by atoms with E-state index in [1.165, 1.54) is 25.1 Å². The standard InChI is InChI=1S/C14H24N2S/c1-10-4-6-16(8-11(10)2)14(12(3)15)13-5-7-17-9-13/h5,7,9-12,14H,4,6,8,15H2,1-3H3. The van der Waals surface area contributed by atoms with Crippen LogP contribution < -0.4 is 5.73 Å². The van der Waals surface area contributed by atoms with E-state index < -0.39 is 0 Å². The summed E-state index contributed by atoms with van der Waals surface area (Å²) >= 11 is 1.77.